The number of nitrogens with two attached hydrogens (primary N) is 1. The van der Waals surface area contributed by atoms with Gasteiger partial charge in [-0.1, -0.05) is 18.2 Å². The Labute approximate surface area is 164 Å². The number of aromatic nitrogens is 1. The Kier molecular flexibility index (Phi) is 5.05. The third kappa shape index (κ3) is 4.32. The van der Waals surface area contributed by atoms with Crippen LogP contribution in [0.4, 0.5) is 18.3 Å². The van der Waals surface area contributed by atoms with Crippen molar-refractivity contribution in [2.24, 2.45) is 10.7 Å². The first kappa shape index (κ1) is 18.9. The van der Waals surface area contributed by atoms with Crippen molar-refractivity contribution in [3.05, 3.63) is 41.4 Å². The molecule has 2 heterocycles. The van der Waals surface area contributed by atoms with E-state index < -0.39 is 6.36 Å². The fourth-order valence-electron chi connectivity index (χ4n) is 3.41. The minimum absolute atomic E-state index is 0.103. The highest BCUT2D eigenvalue weighted by molar-refractivity contribution is 7.13. The maximum absolute atomic E-state index is 12.6. The molecule has 28 heavy (non-hydrogen) atoms. The van der Waals surface area contributed by atoms with Crippen LogP contribution in [-0.2, 0) is 0 Å². The number of alkyl halides is 3. The molecule has 2 N–H and O–H groups in total. The number of piperazine rings is 1. The summed E-state index contributed by atoms with van der Waals surface area (Å²) < 4.78 is 42.0. The number of hydrogen-bond donors (Lipinski definition) is 1. The van der Waals surface area contributed by atoms with Gasteiger partial charge in [0.05, 0.1) is 6.04 Å². The smallest absolute Gasteiger partial charge is 0.405 e. The van der Waals surface area contributed by atoms with Gasteiger partial charge in [-0.25, -0.2) is 9.98 Å². The average molecular weight is 411 g/mol. The van der Waals surface area contributed by atoms with E-state index in [4.69, 9.17) is 5.73 Å². The van der Waals surface area contributed by atoms with Crippen LogP contribution in [0.2, 0.25) is 0 Å². The standard InChI is InChI=1S/C18H20F3N5OS/c19-18(20,21)27-15-4-2-1-3-12(15)13-11-14(13)24-16(22)25-6-8-26(9-7-25)17-23-5-10-28-17/h1-5,10,13-14H,6-9,11H2,(H2,22,24). The van der Waals surface area contributed by atoms with E-state index in [9.17, 15) is 13.2 Å². The van der Waals surface area contributed by atoms with Gasteiger partial charge in [0.2, 0.25) is 0 Å². The summed E-state index contributed by atoms with van der Waals surface area (Å²) in [4.78, 5) is 13.1. The van der Waals surface area contributed by atoms with Crippen molar-refractivity contribution < 1.29 is 17.9 Å². The van der Waals surface area contributed by atoms with E-state index in [1.807, 2.05) is 10.3 Å². The lowest BCUT2D eigenvalue weighted by Gasteiger charge is -2.35. The molecule has 1 saturated carbocycles. The molecule has 6 nitrogen and oxygen atoms in total. The highest BCUT2D eigenvalue weighted by Gasteiger charge is 2.42. The van der Waals surface area contributed by atoms with Crippen LogP contribution in [0.3, 0.4) is 0 Å². The van der Waals surface area contributed by atoms with E-state index >= 15 is 0 Å². The van der Waals surface area contributed by atoms with Crippen molar-refractivity contribution in [2.75, 3.05) is 31.1 Å². The summed E-state index contributed by atoms with van der Waals surface area (Å²) in [5, 5.41) is 2.95. The first-order valence-electron chi connectivity index (χ1n) is 8.98. The molecule has 0 bridgehead atoms. The molecule has 2 aliphatic rings. The van der Waals surface area contributed by atoms with Gasteiger partial charge in [0.25, 0.3) is 0 Å². The highest BCUT2D eigenvalue weighted by atomic mass is 32.1. The third-order valence-electron chi connectivity index (χ3n) is 4.89. The molecule has 2 atom stereocenters. The van der Waals surface area contributed by atoms with Gasteiger partial charge in [0.15, 0.2) is 11.1 Å². The molecule has 4 rings (SSSR count). The van der Waals surface area contributed by atoms with Crippen LogP contribution >= 0.6 is 11.3 Å². The molecule has 0 spiro atoms. The number of guanidine groups is 1. The van der Waals surface area contributed by atoms with Gasteiger partial charge >= 0.3 is 6.36 Å². The number of ether oxygens (including phenoxy) is 1. The molecule has 1 aromatic carbocycles. The topological polar surface area (TPSA) is 67.0 Å². The fraction of sp³-hybridized carbons (Fsp3) is 0.444. The highest BCUT2D eigenvalue weighted by Crippen LogP contribution is 2.47. The SMILES string of the molecule is NC(=NC1CC1c1ccccc1OC(F)(F)F)N1CCN(c2nccs2)CC1. The number of benzene rings is 1. The van der Waals surface area contributed by atoms with E-state index in [0.29, 0.717) is 17.9 Å². The number of rotatable bonds is 4. The van der Waals surface area contributed by atoms with Gasteiger partial charge in [-0.05, 0) is 18.1 Å². The number of anilines is 1. The number of nitrogens with zero attached hydrogens (tertiary/aromatic N) is 4. The van der Waals surface area contributed by atoms with Gasteiger partial charge in [0, 0.05) is 43.7 Å². The number of halogens is 3. The summed E-state index contributed by atoms with van der Waals surface area (Å²) in [6.07, 6.45) is -2.26. The summed E-state index contributed by atoms with van der Waals surface area (Å²) in [5.41, 5.74) is 6.69. The Morgan fingerprint density at radius 2 is 1.96 bits per heavy atom. The van der Waals surface area contributed by atoms with Crippen molar-refractivity contribution in [1.29, 1.82) is 0 Å². The Bertz CT molecular complexity index is 834. The van der Waals surface area contributed by atoms with Crippen LogP contribution in [0, 0.1) is 0 Å². The zero-order valence-electron chi connectivity index (χ0n) is 15.0. The second-order valence-electron chi connectivity index (χ2n) is 6.77. The first-order valence-corrected chi connectivity index (χ1v) is 9.86. The van der Waals surface area contributed by atoms with E-state index in [2.05, 4.69) is 19.6 Å². The van der Waals surface area contributed by atoms with Crippen LogP contribution in [-0.4, -0.2) is 54.4 Å². The lowest BCUT2D eigenvalue weighted by Crippen LogP contribution is -2.51. The minimum Gasteiger partial charge on any atom is -0.405 e. The third-order valence-corrected chi connectivity index (χ3v) is 5.72. The molecule has 0 radical (unpaired) electrons. The molecule has 2 aromatic rings. The summed E-state index contributed by atoms with van der Waals surface area (Å²) in [7, 11) is 0. The maximum Gasteiger partial charge on any atom is 0.573 e. The Hall–Kier alpha value is -2.49. The average Bonchev–Trinajstić information content (AvgIpc) is 3.19. The van der Waals surface area contributed by atoms with E-state index in [-0.39, 0.29) is 17.7 Å². The van der Waals surface area contributed by atoms with Gasteiger partial charge in [-0.15, -0.1) is 24.5 Å². The Morgan fingerprint density at radius 3 is 2.64 bits per heavy atom. The summed E-state index contributed by atoms with van der Waals surface area (Å²) >= 11 is 1.61. The fourth-order valence-corrected chi connectivity index (χ4v) is 4.11. The largest absolute Gasteiger partial charge is 0.573 e. The molecule has 1 aromatic heterocycles. The molecule has 1 aliphatic heterocycles. The molecule has 2 unspecified atom stereocenters. The van der Waals surface area contributed by atoms with Crippen molar-refractivity contribution in [3.8, 4) is 5.75 Å². The van der Waals surface area contributed by atoms with E-state index in [0.717, 1.165) is 31.3 Å². The molecule has 10 heteroatoms. The van der Waals surface area contributed by atoms with E-state index in [1.54, 1.807) is 29.7 Å². The van der Waals surface area contributed by atoms with Gasteiger partial charge in [-0.2, -0.15) is 0 Å². The molecule has 0 amide bonds. The van der Waals surface area contributed by atoms with Crippen LogP contribution < -0.4 is 15.4 Å². The molecule has 2 fully saturated rings. The van der Waals surface area contributed by atoms with Crippen LogP contribution in [0.5, 0.6) is 5.75 Å². The predicted molar refractivity (Wildman–Crippen MR) is 102 cm³/mol. The number of hydrogen-bond acceptors (Lipinski definition) is 5. The summed E-state index contributed by atoms with van der Waals surface area (Å²) in [6.45, 7) is 3.08. The lowest BCUT2D eigenvalue weighted by atomic mass is 10.1. The van der Waals surface area contributed by atoms with Crippen LogP contribution in [0.1, 0.15) is 17.9 Å². The van der Waals surface area contributed by atoms with Crippen molar-refractivity contribution in [2.45, 2.75) is 24.7 Å². The Morgan fingerprint density at radius 1 is 1.21 bits per heavy atom. The number of thiazole rings is 1. The van der Waals surface area contributed by atoms with Gasteiger partial charge in [0.1, 0.15) is 5.75 Å². The van der Waals surface area contributed by atoms with Gasteiger partial charge in [-0.3, -0.25) is 0 Å². The second-order valence-corrected chi connectivity index (χ2v) is 7.64. The van der Waals surface area contributed by atoms with Crippen LogP contribution in [0.25, 0.3) is 0 Å². The van der Waals surface area contributed by atoms with Crippen molar-refractivity contribution in [3.63, 3.8) is 0 Å². The molecule has 1 aliphatic carbocycles. The zero-order chi connectivity index (χ0) is 19.7. The van der Waals surface area contributed by atoms with Crippen molar-refractivity contribution >= 4 is 22.4 Å². The number of aliphatic imine (C=N–C) groups is 1. The second kappa shape index (κ2) is 7.50. The molecule has 1 saturated heterocycles. The van der Waals surface area contributed by atoms with Gasteiger partial charge < -0.3 is 20.3 Å². The molecule has 150 valence electrons. The monoisotopic (exact) mass is 411 g/mol. The molecular formula is C18H20F3N5OS. The minimum atomic E-state index is -4.71. The maximum atomic E-state index is 12.6. The summed E-state index contributed by atoms with van der Waals surface area (Å²) in [5.74, 6) is 0.183. The summed E-state index contributed by atoms with van der Waals surface area (Å²) in [6, 6.07) is 6.11. The van der Waals surface area contributed by atoms with Crippen LogP contribution in [0.15, 0.2) is 40.8 Å². The quantitative estimate of drug-likeness (QED) is 0.619. The zero-order valence-corrected chi connectivity index (χ0v) is 15.8. The van der Waals surface area contributed by atoms with E-state index in [1.165, 1.54) is 12.1 Å². The normalized spacial score (nSPS) is 23.0. The van der Waals surface area contributed by atoms with Crippen molar-refractivity contribution in [1.82, 2.24) is 9.88 Å². The molecular weight excluding hydrogens is 391 g/mol. The first-order chi connectivity index (χ1) is 13.4. The Balaban J connectivity index is 1.37. The lowest BCUT2D eigenvalue weighted by molar-refractivity contribution is -0.274. The predicted octanol–water partition coefficient (Wildman–Crippen LogP) is 3.03. The number of para-hydroxylation sites is 1.